The number of benzene rings is 2. The molecule has 50 heavy (non-hydrogen) atoms. The van der Waals surface area contributed by atoms with Gasteiger partial charge in [-0.3, -0.25) is 9.98 Å². The monoisotopic (exact) mass is 685 g/mol. The molecular weight excluding hydrogens is 605 g/mol. The number of rotatable bonds is 31. The molecule has 0 aromatic heterocycles. The molecule has 0 spiro atoms. The molecule has 0 aliphatic rings. The summed E-state index contributed by atoms with van der Waals surface area (Å²) in [5.41, 5.74) is 10.4. The van der Waals surface area contributed by atoms with E-state index in [1.807, 2.05) is 0 Å². The first-order valence-electron chi connectivity index (χ1n) is 22.0. The maximum Gasteiger partial charge on any atom is 0.0636 e. The van der Waals surface area contributed by atoms with Crippen LogP contribution in [0.2, 0.25) is 0 Å². The van der Waals surface area contributed by atoms with Gasteiger partial charge < -0.3 is 0 Å². The standard InChI is InChI=1S/C48H80N2/c1-7-13-15-16-17-18-19-20-21-22-23-24-25-26-27-28-29-30-31-32-34-48(50-46-38-36-42(10-4)44(12-6)40-46)47(33-14-8-2)49-45-37-35-41(9-3)43(11-5)39-45/h35-40H,7-34H2,1-6H3. The van der Waals surface area contributed by atoms with Crippen LogP contribution < -0.4 is 0 Å². The third-order valence-electron chi connectivity index (χ3n) is 10.8. The van der Waals surface area contributed by atoms with Crippen LogP contribution in [0.15, 0.2) is 46.4 Å². The Balaban J connectivity index is 1.85. The van der Waals surface area contributed by atoms with Gasteiger partial charge in [0.05, 0.1) is 22.8 Å². The Labute approximate surface area is 311 Å². The first-order valence-corrected chi connectivity index (χ1v) is 22.0. The summed E-state index contributed by atoms with van der Waals surface area (Å²) < 4.78 is 0. The molecule has 0 fully saturated rings. The average Bonchev–Trinajstić information content (AvgIpc) is 3.14. The maximum absolute atomic E-state index is 5.37. The summed E-state index contributed by atoms with van der Waals surface area (Å²) >= 11 is 0. The summed E-state index contributed by atoms with van der Waals surface area (Å²) in [4.78, 5) is 10.7. The molecule has 2 aromatic rings. The minimum atomic E-state index is 0.999. The molecule has 0 amide bonds. The highest BCUT2D eigenvalue weighted by atomic mass is 14.8. The Morgan fingerprint density at radius 1 is 0.340 bits per heavy atom. The molecule has 0 heterocycles. The molecule has 0 radical (unpaired) electrons. The lowest BCUT2D eigenvalue weighted by atomic mass is 9.99. The van der Waals surface area contributed by atoms with E-state index in [1.165, 1.54) is 169 Å². The minimum Gasteiger partial charge on any atom is -0.252 e. The summed E-state index contributed by atoms with van der Waals surface area (Å²) in [6, 6.07) is 13.7. The Kier molecular flexibility index (Phi) is 25.8. The third kappa shape index (κ3) is 18.9. The highest BCUT2D eigenvalue weighted by Crippen LogP contribution is 2.25. The van der Waals surface area contributed by atoms with E-state index in [-0.39, 0.29) is 0 Å². The number of unbranched alkanes of at least 4 members (excludes halogenated alkanes) is 20. The van der Waals surface area contributed by atoms with Gasteiger partial charge in [-0.15, -0.1) is 0 Å². The van der Waals surface area contributed by atoms with Crippen molar-refractivity contribution in [2.45, 2.75) is 221 Å². The smallest absolute Gasteiger partial charge is 0.0636 e. The Bertz CT molecular complexity index is 1190. The van der Waals surface area contributed by atoms with E-state index in [0.29, 0.717) is 0 Å². The largest absolute Gasteiger partial charge is 0.252 e. The molecule has 0 saturated heterocycles. The molecule has 0 bridgehead atoms. The van der Waals surface area contributed by atoms with Crippen molar-refractivity contribution in [3.05, 3.63) is 58.7 Å². The first-order chi connectivity index (χ1) is 24.6. The Morgan fingerprint density at radius 2 is 0.640 bits per heavy atom. The molecule has 0 aliphatic heterocycles. The SMILES string of the molecule is CCCCCCCCCCCCCCCCCCCCCCC(=Nc1ccc(CC)c(CC)c1)C(CCCC)=Nc1ccc(CC)c(CC)c1. The van der Waals surface area contributed by atoms with Crippen molar-refractivity contribution in [1.29, 1.82) is 0 Å². The van der Waals surface area contributed by atoms with Crippen LogP contribution in [0.25, 0.3) is 0 Å². The third-order valence-corrected chi connectivity index (χ3v) is 10.8. The molecule has 0 aliphatic carbocycles. The number of hydrogen-bond donors (Lipinski definition) is 0. The second-order valence-electron chi connectivity index (χ2n) is 15.0. The highest BCUT2D eigenvalue weighted by molar-refractivity contribution is 6.43. The molecule has 2 rings (SSSR count). The van der Waals surface area contributed by atoms with E-state index in [4.69, 9.17) is 9.98 Å². The zero-order valence-electron chi connectivity index (χ0n) is 34.2. The predicted molar refractivity (Wildman–Crippen MR) is 227 cm³/mol. The summed E-state index contributed by atoms with van der Waals surface area (Å²) in [5.74, 6) is 0. The van der Waals surface area contributed by atoms with Crippen LogP contribution >= 0.6 is 0 Å². The van der Waals surface area contributed by atoms with Gasteiger partial charge in [0.2, 0.25) is 0 Å². The highest BCUT2D eigenvalue weighted by Gasteiger charge is 2.12. The number of hydrogen-bond acceptors (Lipinski definition) is 2. The molecule has 0 saturated carbocycles. The fourth-order valence-corrected chi connectivity index (χ4v) is 7.44. The number of aryl methyl sites for hydroxylation is 4. The normalized spacial score (nSPS) is 12.3. The Morgan fingerprint density at radius 3 is 0.960 bits per heavy atom. The second kappa shape index (κ2) is 29.4. The predicted octanol–water partition coefficient (Wildman–Crippen LogP) is 16.2. The molecule has 0 atom stereocenters. The fourth-order valence-electron chi connectivity index (χ4n) is 7.44. The average molecular weight is 685 g/mol. The van der Waals surface area contributed by atoms with Crippen LogP contribution in [0.1, 0.15) is 218 Å². The summed E-state index contributed by atoms with van der Waals surface area (Å²) in [7, 11) is 0. The van der Waals surface area contributed by atoms with E-state index in [0.717, 1.165) is 56.3 Å². The lowest BCUT2D eigenvalue weighted by Gasteiger charge is -2.13. The topological polar surface area (TPSA) is 24.7 Å². The van der Waals surface area contributed by atoms with Crippen molar-refractivity contribution in [2.75, 3.05) is 0 Å². The summed E-state index contributed by atoms with van der Waals surface area (Å²) in [5, 5.41) is 0. The molecule has 2 aromatic carbocycles. The van der Waals surface area contributed by atoms with Crippen molar-refractivity contribution >= 4 is 22.8 Å². The van der Waals surface area contributed by atoms with Crippen molar-refractivity contribution in [2.24, 2.45) is 9.98 Å². The molecule has 0 unspecified atom stereocenters. The van der Waals surface area contributed by atoms with Crippen LogP contribution in [0, 0.1) is 0 Å². The van der Waals surface area contributed by atoms with Crippen molar-refractivity contribution < 1.29 is 0 Å². The van der Waals surface area contributed by atoms with Crippen LogP contribution in [-0.2, 0) is 25.7 Å². The van der Waals surface area contributed by atoms with E-state index >= 15 is 0 Å². The zero-order chi connectivity index (χ0) is 36.1. The Hall–Kier alpha value is -2.22. The van der Waals surface area contributed by atoms with Crippen LogP contribution in [-0.4, -0.2) is 11.4 Å². The fraction of sp³-hybridized carbons (Fsp3) is 0.708. The molecule has 2 heteroatoms. The van der Waals surface area contributed by atoms with Crippen LogP contribution in [0.5, 0.6) is 0 Å². The van der Waals surface area contributed by atoms with Gasteiger partial charge in [0, 0.05) is 0 Å². The van der Waals surface area contributed by atoms with Crippen molar-refractivity contribution in [1.82, 2.24) is 0 Å². The summed E-state index contributed by atoms with van der Waals surface area (Å²) in [6.07, 6.45) is 36.9. The zero-order valence-corrected chi connectivity index (χ0v) is 34.2. The second-order valence-corrected chi connectivity index (χ2v) is 15.0. The quantitative estimate of drug-likeness (QED) is 0.0558. The van der Waals surface area contributed by atoms with E-state index in [1.54, 1.807) is 0 Å². The van der Waals surface area contributed by atoms with Gasteiger partial charge in [-0.2, -0.15) is 0 Å². The van der Waals surface area contributed by atoms with Gasteiger partial charge in [0.1, 0.15) is 0 Å². The van der Waals surface area contributed by atoms with E-state index in [9.17, 15) is 0 Å². The van der Waals surface area contributed by atoms with Gasteiger partial charge in [0.15, 0.2) is 0 Å². The number of aliphatic imine (C=N–C) groups is 2. The van der Waals surface area contributed by atoms with Crippen LogP contribution in [0.4, 0.5) is 11.4 Å². The molecule has 2 nitrogen and oxygen atoms in total. The van der Waals surface area contributed by atoms with Crippen LogP contribution in [0.3, 0.4) is 0 Å². The van der Waals surface area contributed by atoms with Crippen molar-refractivity contribution in [3.8, 4) is 0 Å². The minimum absolute atomic E-state index is 0.999. The van der Waals surface area contributed by atoms with Gasteiger partial charge in [-0.1, -0.05) is 182 Å². The molecule has 0 N–H and O–H groups in total. The van der Waals surface area contributed by atoms with E-state index < -0.39 is 0 Å². The van der Waals surface area contributed by atoms with Gasteiger partial charge >= 0.3 is 0 Å². The first kappa shape index (κ1) is 43.9. The summed E-state index contributed by atoms with van der Waals surface area (Å²) in [6.45, 7) is 13.6. The van der Waals surface area contributed by atoms with Gasteiger partial charge in [0.25, 0.3) is 0 Å². The lowest BCUT2D eigenvalue weighted by molar-refractivity contribution is 0.522. The van der Waals surface area contributed by atoms with Gasteiger partial charge in [-0.25, -0.2) is 0 Å². The molecule has 282 valence electrons. The number of nitrogens with zero attached hydrogens (tertiary/aromatic N) is 2. The van der Waals surface area contributed by atoms with Gasteiger partial charge in [-0.05, 0) is 97.9 Å². The van der Waals surface area contributed by atoms with Crippen molar-refractivity contribution in [3.63, 3.8) is 0 Å². The lowest BCUT2D eigenvalue weighted by Crippen LogP contribution is -2.14. The maximum atomic E-state index is 5.37. The van der Waals surface area contributed by atoms with E-state index in [2.05, 4.69) is 77.9 Å². The molecular formula is C48H80N2.